The standard InChI is InChI=1S/C11H9BrCl2N2O/c1-2-7(12)11-16-15-10(17-11)6-3-4-8(13)9(14)5-6/h3-5,7H,2H2,1H3. The van der Waals surface area contributed by atoms with Gasteiger partial charge < -0.3 is 4.42 Å². The van der Waals surface area contributed by atoms with Crippen LogP contribution in [0.25, 0.3) is 11.5 Å². The van der Waals surface area contributed by atoms with Gasteiger partial charge in [0.25, 0.3) is 0 Å². The van der Waals surface area contributed by atoms with Gasteiger partial charge in [-0.25, -0.2) is 0 Å². The molecule has 1 unspecified atom stereocenters. The summed E-state index contributed by atoms with van der Waals surface area (Å²) in [5.74, 6) is 1.00. The molecule has 0 spiro atoms. The summed E-state index contributed by atoms with van der Waals surface area (Å²) in [6, 6.07) is 5.20. The van der Waals surface area contributed by atoms with Crippen molar-refractivity contribution in [2.24, 2.45) is 0 Å². The van der Waals surface area contributed by atoms with Crippen molar-refractivity contribution in [1.82, 2.24) is 10.2 Å². The first kappa shape index (κ1) is 12.9. The molecule has 0 aliphatic heterocycles. The lowest BCUT2D eigenvalue weighted by atomic mass is 10.2. The van der Waals surface area contributed by atoms with Gasteiger partial charge in [-0.05, 0) is 24.6 Å². The number of aromatic nitrogens is 2. The molecule has 1 aromatic heterocycles. The van der Waals surface area contributed by atoms with Crippen molar-refractivity contribution in [2.75, 3.05) is 0 Å². The van der Waals surface area contributed by atoms with Gasteiger partial charge in [0, 0.05) is 5.56 Å². The van der Waals surface area contributed by atoms with E-state index in [4.69, 9.17) is 27.6 Å². The highest BCUT2D eigenvalue weighted by Crippen LogP contribution is 2.30. The van der Waals surface area contributed by atoms with Crippen LogP contribution in [0.1, 0.15) is 24.1 Å². The Morgan fingerprint density at radius 2 is 2.06 bits per heavy atom. The van der Waals surface area contributed by atoms with Crippen LogP contribution >= 0.6 is 39.1 Å². The second kappa shape index (κ2) is 5.38. The average molecular weight is 336 g/mol. The Kier molecular flexibility index (Phi) is 4.07. The van der Waals surface area contributed by atoms with Gasteiger partial charge in [0.05, 0.1) is 14.9 Å². The van der Waals surface area contributed by atoms with Gasteiger partial charge in [0.1, 0.15) is 0 Å². The summed E-state index contributed by atoms with van der Waals surface area (Å²) in [6.45, 7) is 2.03. The highest BCUT2D eigenvalue weighted by molar-refractivity contribution is 9.09. The Labute approximate surface area is 117 Å². The average Bonchev–Trinajstić information content (AvgIpc) is 2.81. The molecule has 0 saturated heterocycles. The third-order valence-corrected chi connectivity index (χ3v) is 4.01. The largest absolute Gasteiger partial charge is 0.419 e. The van der Waals surface area contributed by atoms with E-state index in [0.29, 0.717) is 21.8 Å². The van der Waals surface area contributed by atoms with E-state index < -0.39 is 0 Å². The van der Waals surface area contributed by atoms with Crippen LogP contribution < -0.4 is 0 Å². The second-order valence-electron chi connectivity index (χ2n) is 3.45. The van der Waals surface area contributed by atoms with Crippen molar-refractivity contribution in [2.45, 2.75) is 18.2 Å². The van der Waals surface area contributed by atoms with Crippen LogP contribution in [-0.4, -0.2) is 10.2 Å². The van der Waals surface area contributed by atoms with Gasteiger partial charge >= 0.3 is 0 Å². The van der Waals surface area contributed by atoms with Crippen LogP contribution in [0.2, 0.25) is 10.0 Å². The first-order valence-corrected chi connectivity index (χ1v) is 6.72. The highest BCUT2D eigenvalue weighted by atomic mass is 79.9. The summed E-state index contributed by atoms with van der Waals surface area (Å²) in [7, 11) is 0. The molecule has 1 aromatic carbocycles. The number of nitrogens with zero attached hydrogens (tertiary/aromatic N) is 2. The van der Waals surface area contributed by atoms with Crippen molar-refractivity contribution in [3.63, 3.8) is 0 Å². The Balaban J connectivity index is 2.33. The Morgan fingerprint density at radius 3 is 2.71 bits per heavy atom. The maximum absolute atomic E-state index is 5.93. The minimum Gasteiger partial charge on any atom is -0.419 e. The predicted octanol–water partition coefficient (Wildman–Crippen LogP) is 4.89. The molecule has 0 aliphatic carbocycles. The number of hydrogen-bond acceptors (Lipinski definition) is 3. The summed E-state index contributed by atoms with van der Waals surface area (Å²) < 4.78 is 5.55. The van der Waals surface area contributed by atoms with E-state index >= 15 is 0 Å². The first-order chi connectivity index (χ1) is 8.11. The molecule has 90 valence electrons. The van der Waals surface area contributed by atoms with E-state index in [1.807, 2.05) is 6.92 Å². The van der Waals surface area contributed by atoms with Gasteiger partial charge in [-0.3, -0.25) is 0 Å². The van der Waals surface area contributed by atoms with Crippen molar-refractivity contribution in [3.8, 4) is 11.5 Å². The van der Waals surface area contributed by atoms with Crippen LogP contribution in [0.4, 0.5) is 0 Å². The van der Waals surface area contributed by atoms with Crippen LogP contribution in [0.3, 0.4) is 0 Å². The molecule has 0 amide bonds. The molecule has 0 saturated carbocycles. The third-order valence-electron chi connectivity index (χ3n) is 2.23. The fraction of sp³-hybridized carbons (Fsp3) is 0.273. The molecule has 17 heavy (non-hydrogen) atoms. The molecule has 3 nitrogen and oxygen atoms in total. The second-order valence-corrected chi connectivity index (χ2v) is 5.37. The van der Waals surface area contributed by atoms with Crippen LogP contribution in [0.15, 0.2) is 22.6 Å². The highest BCUT2D eigenvalue weighted by Gasteiger charge is 2.15. The topological polar surface area (TPSA) is 38.9 Å². The number of rotatable bonds is 3. The summed E-state index contributed by atoms with van der Waals surface area (Å²) >= 11 is 15.2. The number of alkyl halides is 1. The van der Waals surface area contributed by atoms with Gasteiger partial charge in [-0.1, -0.05) is 46.1 Å². The fourth-order valence-corrected chi connectivity index (χ4v) is 1.76. The van der Waals surface area contributed by atoms with E-state index in [1.165, 1.54) is 0 Å². The summed E-state index contributed by atoms with van der Waals surface area (Å²) in [6.07, 6.45) is 0.878. The quantitative estimate of drug-likeness (QED) is 0.749. The summed E-state index contributed by atoms with van der Waals surface area (Å²) in [4.78, 5) is 0.0755. The zero-order valence-corrected chi connectivity index (χ0v) is 12.1. The van der Waals surface area contributed by atoms with Gasteiger partial charge in [0.15, 0.2) is 0 Å². The molecular formula is C11H9BrCl2N2O. The number of benzene rings is 1. The predicted molar refractivity (Wildman–Crippen MR) is 71.7 cm³/mol. The molecule has 1 atom stereocenters. The SMILES string of the molecule is CCC(Br)c1nnc(-c2ccc(Cl)c(Cl)c2)o1. The van der Waals surface area contributed by atoms with E-state index in [-0.39, 0.29) is 4.83 Å². The van der Waals surface area contributed by atoms with Crippen LogP contribution in [-0.2, 0) is 0 Å². The molecule has 0 N–H and O–H groups in total. The monoisotopic (exact) mass is 334 g/mol. The zero-order valence-electron chi connectivity index (χ0n) is 8.95. The Morgan fingerprint density at radius 1 is 1.29 bits per heavy atom. The number of hydrogen-bond donors (Lipinski definition) is 0. The Hall–Kier alpha value is -0.580. The first-order valence-electron chi connectivity index (χ1n) is 5.04. The van der Waals surface area contributed by atoms with Crippen LogP contribution in [0.5, 0.6) is 0 Å². The fourth-order valence-electron chi connectivity index (χ4n) is 1.28. The van der Waals surface area contributed by atoms with Crippen molar-refractivity contribution in [1.29, 1.82) is 0 Å². The molecule has 6 heteroatoms. The molecule has 2 aromatic rings. The third kappa shape index (κ3) is 2.81. The van der Waals surface area contributed by atoms with E-state index in [1.54, 1.807) is 18.2 Å². The molecule has 0 bridgehead atoms. The lowest BCUT2D eigenvalue weighted by Crippen LogP contribution is -1.86. The van der Waals surface area contributed by atoms with E-state index in [2.05, 4.69) is 26.1 Å². The van der Waals surface area contributed by atoms with Gasteiger partial charge in [0.2, 0.25) is 11.8 Å². The van der Waals surface area contributed by atoms with E-state index in [0.717, 1.165) is 12.0 Å². The normalized spacial score (nSPS) is 12.7. The molecular weight excluding hydrogens is 327 g/mol. The minimum atomic E-state index is 0.0755. The lowest BCUT2D eigenvalue weighted by molar-refractivity contribution is 0.500. The lowest BCUT2D eigenvalue weighted by Gasteiger charge is -1.99. The summed E-state index contributed by atoms with van der Waals surface area (Å²) in [5, 5.41) is 8.92. The zero-order chi connectivity index (χ0) is 12.4. The molecule has 0 radical (unpaired) electrons. The smallest absolute Gasteiger partial charge is 0.247 e. The molecule has 1 heterocycles. The molecule has 0 aliphatic rings. The Bertz CT molecular complexity index is 530. The van der Waals surface area contributed by atoms with Crippen LogP contribution in [0, 0.1) is 0 Å². The maximum atomic E-state index is 5.93. The van der Waals surface area contributed by atoms with Crippen molar-refractivity contribution in [3.05, 3.63) is 34.1 Å². The molecule has 2 rings (SSSR count). The van der Waals surface area contributed by atoms with Crippen molar-refractivity contribution >= 4 is 39.1 Å². The van der Waals surface area contributed by atoms with Gasteiger partial charge in [-0.2, -0.15) is 0 Å². The number of halogens is 3. The minimum absolute atomic E-state index is 0.0755. The van der Waals surface area contributed by atoms with Gasteiger partial charge in [-0.15, -0.1) is 10.2 Å². The van der Waals surface area contributed by atoms with E-state index in [9.17, 15) is 0 Å². The maximum Gasteiger partial charge on any atom is 0.247 e. The summed E-state index contributed by atoms with van der Waals surface area (Å²) in [5.41, 5.74) is 0.758. The van der Waals surface area contributed by atoms with Crippen molar-refractivity contribution < 1.29 is 4.42 Å². The molecule has 0 fully saturated rings.